The predicted octanol–water partition coefficient (Wildman–Crippen LogP) is 21.6. The molecule has 3 N–H and O–H groups in total. The number of hydrogen-bond acceptors (Lipinski definition) is 8. The molecule has 0 spiro atoms. The number of phosphoric ester groups is 1. The van der Waals surface area contributed by atoms with Crippen molar-refractivity contribution in [1.82, 2.24) is 0 Å². The van der Waals surface area contributed by atoms with Crippen LogP contribution in [0, 0.1) is 0 Å². The van der Waals surface area contributed by atoms with E-state index in [0.717, 1.165) is 135 Å². The minimum atomic E-state index is -4.41. The zero-order valence-corrected chi connectivity index (χ0v) is 53.5. The lowest BCUT2D eigenvalue weighted by molar-refractivity contribution is -0.161. The van der Waals surface area contributed by atoms with Crippen molar-refractivity contribution in [2.45, 2.75) is 264 Å². The number of nitrogens with two attached hydrogens (primary N) is 1. The Morgan fingerprint density at radius 3 is 0.988 bits per heavy atom. The first kappa shape index (κ1) is 78.6. The maximum Gasteiger partial charge on any atom is 0.472 e. The van der Waals surface area contributed by atoms with Gasteiger partial charge in [-0.15, -0.1) is 0 Å². The number of ether oxygens (including phenoxy) is 2. The topological polar surface area (TPSA) is 134 Å². The summed E-state index contributed by atoms with van der Waals surface area (Å²) in [6.07, 6.45) is 97.4. The first-order valence-corrected chi connectivity index (χ1v) is 34.5. The molecule has 83 heavy (non-hydrogen) atoms. The Morgan fingerprint density at radius 1 is 0.373 bits per heavy atom. The van der Waals surface area contributed by atoms with Gasteiger partial charge in [-0.3, -0.25) is 18.6 Å². The van der Waals surface area contributed by atoms with Crippen molar-refractivity contribution < 1.29 is 37.6 Å². The fourth-order valence-corrected chi connectivity index (χ4v) is 9.32. The van der Waals surface area contributed by atoms with Crippen LogP contribution in [0.5, 0.6) is 0 Å². The molecule has 0 fully saturated rings. The Bertz CT molecular complexity index is 1920. The summed E-state index contributed by atoms with van der Waals surface area (Å²) >= 11 is 0. The van der Waals surface area contributed by atoms with Crippen LogP contribution in [0.3, 0.4) is 0 Å². The molecular formula is C73H120NO8P. The molecule has 0 saturated heterocycles. The number of rotatable bonds is 60. The summed E-state index contributed by atoms with van der Waals surface area (Å²) < 4.78 is 33.1. The Balaban J connectivity index is 4.04. The molecule has 0 rings (SSSR count). The Labute approximate surface area is 509 Å². The Hall–Kier alpha value is -4.37. The average Bonchev–Trinajstić information content (AvgIpc) is 3.48. The molecule has 9 nitrogen and oxygen atoms in total. The van der Waals surface area contributed by atoms with Crippen LogP contribution >= 0.6 is 7.82 Å². The molecule has 0 radical (unpaired) electrons. The van der Waals surface area contributed by atoms with E-state index in [1.54, 1.807) is 0 Å². The smallest absolute Gasteiger partial charge is 0.462 e. The molecule has 0 aromatic rings. The number of allylic oxidation sites excluding steroid dienone is 26. The summed E-state index contributed by atoms with van der Waals surface area (Å²) in [6.45, 7) is 3.59. The standard InChI is InChI=1S/C73H120NO8P/c1-3-5-7-9-11-13-15-17-19-21-23-25-27-28-29-30-31-32-33-34-35-36-37-38-39-40-41-42-44-46-48-50-52-54-56-58-60-62-64-66-73(76)82-71(70-81-83(77,78)80-68-67-74)69-79-72(75)65-63-61-59-57-55-53-51-49-47-45-43-26-24-22-20-18-16-14-12-10-8-6-4-2/h5,7,11,13,16-19,22-25,28-29,31-32,34-35,37-38,40-41,44,46,50,52,71H,3-4,6,8-10,12,14-15,20-21,26-27,30,33,36,39,42-43,45,47-49,51,53-70,74H2,1-2H3,(H,77,78)/b7-5-,13-11-,18-16-,19-17-,24-22-,25-23-,29-28-,32-31-,35-34-,38-37-,41-40-,46-44-,52-50-. The number of carbonyl (C=O) groups excluding carboxylic acids is 2. The van der Waals surface area contributed by atoms with Crippen LogP contribution in [0.15, 0.2) is 158 Å². The highest BCUT2D eigenvalue weighted by Gasteiger charge is 2.26. The van der Waals surface area contributed by atoms with E-state index in [9.17, 15) is 19.0 Å². The Morgan fingerprint density at radius 2 is 0.663 bits per heavy atom. The van der Waals surface area contributed by atoms with Crippen LogP contribution in [0.1, 0.15) is 258 Å². The van der Waals surface area contributed by atoms with E-state index in [1.165, 1.54) is 89.9 Å². The summed E-state index contributed by atoms with van der Waals surface area (Å²) in [6, 6.07) is 0. The zero-order valence-electron chi connectivity index (χ0n) is 52.6. The monoisotopic (exact) mass is 1170 g/mol. The van der Waals surface area contributed by atoms with Crippen molar-refractivity contribution in [3.63, 3.8) is 0 Å². The maximum atomic E-state index is 12.7. The van der Waals surface area contributed by atoms with Gasteiger partial charge in [-0.05, 0) is 128 Å². The molecule has 2 atom stereocenters. The lowest BCUT2D eigenvalue weighted by Gasteiger charge is -2.19. The second-order valence-electron chi connectivity index (χ2n) is 21.2. The van der Waals surface area contributed by atoms with Gasteiger partial charge in [-0.2, -0.15) is 0 Å². The number of esters is 2. The van der Waals surface area contributed by atoms with Crippen molar-refractivity contribution >= 4 is 19.8 Å². The van der Waals surface area contributed by atoms with Gasteiger partial charge in [0.15, 0.2) is 6.10 Å². The molecule has 0 saturated carbocycles. The van der Waals surface area contributed by atoms with E-state index in [1.807, 2.05) is 0 Å². The molecule has 0 aliphatic carbocycles. The van der Waals surface area contributed by atoms with E-state index in [-0.39, 0.29) is 32.6 Å². The highest BCUT2D eigenvalue weighted by molar-refractivity contribution is 7.47. The average molecular weight is 1170 g/mol. The Kier molecular flexibility index (Phi) is 63.3. The van der Waals surface area contributed by atoms with Crippen LogP contribution in [0.4, 0.5) is 0 Å². The fraction of sp³-hybridized carbons (Fsp3) is 0.616. The first-order valence-electron chi connectivity index (χ1n) is 33.0. The molecule has 0 bridgehead atoms. The number of unbranched alkanes of at least 4 members (excludes halogenated alkanes) is 21. The lowest BCUT2D eigenvalue weighted by Crippen LogP contribution is -2.29. The fourth-order valence-electron chi connectivity index (χ4n) is 8.55. The predicted molar refractivity (Wildman–Crippen MR) is 357 cm³/mol. The first-order chi connectivity index (χ1) is 40.8. The van der Waals surface area contributed by atoms with Gasteiger partial charge in [0.25, 0.3) is 0 Å². The SMILES string of the molecule is CC/C=C\C/C=C\C/C=C\C/C=C\C/C=C\C/C=C\C/C=C\C/C=C\C/C=C\C/C=C\C/C=C\CCCCCCCC(=O)OC(COC(=O)CCCCCCCCCCCCC/C=C\C/C=C\CCCCCCC)COP(=O)(O)OCCN. The second-order valence-corrected chi connectivity index (χ2v) is 22.7. The summed E-state index contributed by atoms with van der Waals surface area (Å²) in [5.74, 6) is -0.859. The van der Waals surface area contributed by atoms with E-state index < -0.39 is 32.5 Å². The number of carbonyl (C=O) groups is 2. The molecule has 2 unspecified atom stereocenters. The van der Waals surface area contributed by atoms with E-state index in [0.29, 0.717) is 6.42 Å². The van der Waals surface area contributed by atoms with Gasteiger partial charge in [0, 0.05) is 19.4 Å². The van der Waals surface area contributed by atoms with Gasteiger partial charge in [-0.1, -0.05) is 275 Å². The normalized spacial score (nSPS) is 14.0. The number of phosphoric acid groups is 1. The lowest BCUT2D eigenvalue weighted by atomic mass is 10.0. The summed E-state index contributed by atoms with van der Waals surface area (Å²) in [4.78, 5) is 35.3. The van der Waals surface area contributed by atoms with Gasteiger partial charge in [0.1, 0.15) is 6.61 Å². The number of hydrogen-bond donors (Lipinski definition) is 2. The molecule has 0 aliphatic heterocycles. The highest BCUT2D eigenvalue weighted by atomic mass is 31.2. The van der Waals surface area contributed by atoms with E-state index in [2.05, 4.69) is 172 Å². The second kappa shape index (κ2) is 66.8. The zero-order chi connectivity index (χ0) is 60.1. The van der Waals surface area contributed by atoms with Crippen LogP contribution in [-0.4, -0.2) is 49.3 Å². The quantitative estimate of drug-likeness (QED) is 0.0264. The van der Waals surface area contributed by atoms with Crippen molar-refractivity contribution in [3.05, 3.63) is 158 Å². The summed E-state index contributed by atoms with van der Waals surface area (Å²) in [5, 5.41) is 0. The highest BCUT2D eigenvalue weighted by Crippen LogP contribution is 2.43. The van der Waals surface area contributed by atoms with Crippen LogP contribution in [-0.2, 0) is 32.7 Å². The van der Waals surface area contributed by atoms with Crippen LogP contribution < -0.4 is 5.73 Å². The largest absolute Gasteiger partial charge is 0.472 e. The van der Waals surface area contributed by atoms with Gasteiger partial charge in [0.2, 0.25) is 0 Å². The minimum Gasteiger partial charge on any atom is -0.462 e. The van der Waals surface area contributed by atoms with Gasteiger partial charge in [0.05, 0.1) is 13.2 Å². The van der Waals surface area contributed by atoms with Crippen molar-refractivity contribution in [1.29, 1.82) is 0 Å². The third-order valence-corrected chi connectivity index (χ3v) is 14.4. The molecular weight excluding hydrogens is 1050 g/mol. The third-order valence-electron chi connectivity index (χ3n) is 13.4. The van der Waals surface area contributed by atoms with Crippen molar-refractivity contribution in [3.8, 4) is 0 Å². The third kappa shape index (κ3) is 66.6. The molecule has 470 valence electrons. The maximum absolute atomic E-state index is 12.7. The molecule has 0 amide bonds. The summed E-state index contributed by atoms with van der Waals surface area (Å²) in [5.41, 5.74) is 5.39. The summed E-state index contributed by atoms with van der Waals surface area (Å²) in [7, 11) is -4.41. The minimum absolute atomic E-state index is 0.0419. The molecule has 0 aliphatic rings. The molecule has 0 heterocycles. The molecule has 0 aromatic heterocycles. The van der Waals surface area contributed by atoms with E-state index >= 15 is 0 Å². The van der Waals surface area contributed by atoms with Crippen molar-refractivity contribution in [2.75, 3.05) is 26.4 Å². The van der Waals surface area contributed by atoms with Crippen LogP contribution in [0.2, 0.25) is 0 Å². The molecule has 0 aromatic carbocycles. The van der Waals surface area contributed by atoms with Crippen molar-refractivity contribution in [2.24, 2.45) is 5.73 Å². The van der Waals surface area contributed by atoms with Gasteiger partial charge < -0.3 is 20.1 Å². The van der Waals surface area contributed by atoms with Gasteiger partial charge >= 0.3 is 19.8 Å². The van der Waals surface area contributed by atoms with Gasteiger partial charge in [-0.25, -0.2) is 4.57 Å². The molecule has 10 heteroatoms. The van der Waals surface area contributed by atoms with E-state index in [4.69, 9.17) is 24.3 Å². The van der Waals surface area contributed by atoms with Crippen LogP contribution in [0.25, 0.3) is 0 Å².